The Bertz CT molecular complexity index is 491. The highest BCUT2D eigenvalue weighted by atomic mass is 16.3. The van der Waals surface area contributed by atoms with Gasteiger partial charge in [-0.05, 0) is 35.8 Å². The first-order chi connectivity index (χ1) is 15.1. The monoisotopic (exact) mass is 430 g/mol. The molecule has 0 radical (unpaired) electrons. The molecule has 1 heteroatoms. The minimum absolute atomic E-state index is 0.454. The molecule has 0 fully saturated rings. The number of aromatic hydroxyl groups is 1. The van der Waals surface area contributed by atoms with Gasteiger partial charge in [-0.3, -0.25) is 0 Å². The SMILES string of the molecule is CCCCCCCCCCC(C)c1cccc(C(C)CCCCCCCCCC)c1O. The first-order valence-corrected chi connectivity index (χ1v) is 13.9. The van der Waals surface area contributed by atoms with Crippen molar-refractivity contribution in [1.82, 2.24) is 0 Å². The Hall–Kier alpha value is -0.980. The Balaban J connectivity index is 2.31. The van der Waals surface area contributed by atoms with E-state index in [4.69, 9.17) is 0 Å². The van der Waals surface area contributed by atoms with Crippen LogP contribution in [0, 0.1) is 0 Å². The number of phenols is 1. The van der Waals surface area contributed by atoms with Gasteiger partial charge in [-0.25, -0.2) is 0 Å². The number of unbranched alkanes of at least 4 members (excludes halogenated alkanes) is 14. The van der Waals surface area contributed by atoms with Crippen LogP contribution in [0.5, 0.6) is 5.75 Å². The van der Waals surface area contributed by atoms with Crippen LogP contribution in [0.1, 0.15) is 166 Å². The van der Waals surface area contributed by atoms with E-state index in [1.807, 2.05) is 0 Å². The summed E-state index contributed by atoms with van der Waals surface area (Å²) >= 11 is 0. The summed E-state index contributed by atoms with van der Waals surface area (Å²) in [4.78, 5) is 0. The molecule has 1 rings (SSSR count). The topological polar surface area (TPSA) is 20.2 Å². The summed E-state index contributed by atoms with van der Waals surface area (Å²) < 4.78 is 0. The van der Waals surface area contributed by atoms with Crippen LogP contribution in [-0.4, -0.2) is 5.11 Å². The molecule has 0 aliphatic rings. The van der Waals surface area contributed by atoms with Crippen molar-refractivity contribution in [3.63, 3.8) is 0 Å². The lowest BCUT2D eigenvalue weighted by molar-refractivity contribution is 0.441. The smallest absolute Gasteiger partial charge is 0.122 e. The van der Waals surface area contributed by atoms with Crippen LogP contribution in [0.25, 0.3) is 0 Å². The molecule has 1 nitrogen and oxygen atoms in total. The second kappa shape index (κ2) is 18.6. The van der Waals surface area contributed by atoms with Gasteiger partial charge in [-0.15, -0.1) is 0 Å². The Labute approximate surface area is 195 Å². The predicted molar refractivity (Wildman–Crippen MR) is 139 cm³/mol. The molecule has 0 heterocycles. The van der Waals surface area contributed by atoms with E-state index < -0.39 is 0 Å². The number of para-hydroxylation sites is 1. The zero-order valence-corrected chi connectivity index (χ0v) is 21.6. The third-order valence-electron chi connectivity index (χ3n) is 7.14. The molecule has 31 heavy (non-hydrogen) atoms. The van der Waals surface area contributed by atoms with Crippen molar-refractivity contribution in [1.29, 1.82) is 0 Å². The molecular weight excluding hydrogens is 376 g/mol. The summed E-state index contributed by atoms with van der Waals surface area (Å²) in [5.74, 6) is 1.49. The first-order valence-electron chi connectivity index (χ1n) is 13.9. The fraction of sp³-hybridized carbons (Fsp3) is 0.800. The van der Waals surface area contributed by atoms with Gasteiger partial charge in [0, 0.05) is 0 Å². The highest BCUT2D eigenvalue weighted by Gasteiger charge is 2.16. The Morgan fingerprint density at radius 1 is 0.548 bits per heavy atom. The van der Waals surface area contributed by atoms with E-state index in [1.54, 1.807) is 0 Å². The Kier molecular flexibility index (Phi) is 16.8. The number of hydrogen-bond donors (Lipinski definition) is 1. The maximum atomic E-state index is 11.0. The van der Waals surface area contributed by atoms with E-state index in [2.05, 4.69) is 45.9 Å². The van der Waals surface area contributed by atoms with E-state index >= 15 is 0 Å². The zero-order chi connectivity index (χ0) is 22.7. The van der Waals surface area contributed by atoms with Crippen LogP contribution in [0.4, 0.5) is 0 Å². The van der Waals surface area contributed by atoms with Crippen LogP contribution >= 0.6 is 0 Å². The average Bonchev–Trinajstić information content (AvgIpc) is 2.77. The number of rotatable bonds is 20. The second-order valence-electron chi connectivity index (χ2n) is 10.1. The lowest BCUT2D eigenvalue weighted by atomic mass is 9.87. The quantitative estimate of drug-likeness (QED) is 0.204. The summed E-state index contributed by atoms with van der Waals surface area (Å²) in [5.41, 5.74) is 2.34. The maximum absolute atomic E-state index is 11.0. The normalized spacial score (nSPS) is 13.4. The summed E-state index contributed by atoms with van der Waals surface area (Å²) in [7, 11) is 0. The van der Waals surface area contributed by atoms with Crippen molar-refractivity contribution in [2.45, 2.75) is 155 Å². The van der Waals surface area contributed by atoms with Crippen molar-refractivity contribution in [3.05, 3.63) is 29.3 Å². The minimum atomic E-state index is 0.454. The molecule has 0 aromatic heterocycles. The molecule has 0 saturated heterocycles. The third kappa shape index (κ3) is 12.6. The van der Waals surface area contributed by atoms with Gasteiger partial charge in [0.15, 0.2) is 0 Å². The van der Waals surface area contributed by atoms with Crippen LogP contribution in [0.2, 0.25) is 0 Å². The van der Waals surface area contributed by atoms with Gasteiger partial charge in [-0.1, -0.05) is 149 Å². The molecule has 180 valence electrons. The third-order valence-corrected chi connectivity index (χ3v) is 7.14. The fourth-order valence-electron chi connectivity index (χ4n) is 4.86. The van der Waals surface area contributed by atoms with Gasteiger partial charge in [-0.2, -0.15) is 0 Å². The molecule has 2 atom stereocenters. The van der Waals surface area contributed by atoms with Crippen LogP contribution in [0.3, 0.4) is 0 Å². The van der Waals surface area contributed by atoms with Crippen LogP contribution < -0.4 is 0 Å². The molecule has 0 saturated carbocycles. The van der Waals surface area contributed by atoms with Crippen LogP contribution in [-0.2, 0) is 0 Å². The van der Waals surface area contributed by atoms with Gasteiger partial charge >= 0.3 is 0 Å². The molecule has 2 unspecified atom stereocenters. The molecule has 1 N–H and O–H groups in total. The molecule has 0 aliphatic carbocycles. The zero-order valence-electron chi connectivity index (χ0n) is 21.6. The predicted octanol–water partition coefficient (Wildman–Crippen LogP) is 10.7. The average molecular weight is 431 g/mol. The van der Waals surface area contributed by atoms with Crippen LogP contribution in [0.15, 0.2) is 18.2 Å². The molecule has 1 aromatic rings. The van der Waals surface area contributed by atoms with Gasteiger partial charge in [0.05, 0.1) is 0 Å². The summed E-state index contributed by atoms with van der Waals surface area (Å²) in [5, 5.41) is 11.0. The highest BCUT2D eigenvalue weighted by molar-refractivity contribution is 5.44. The lowest BCUT2D eigenvalue weighted by Crippen LogP contribution is -2.00. The van der Waals surface area contributed by atoms with Crippen molar-refractivity contribution >= 4 is 0 Å². The van der Waals surface area contributed by atoms with Crippen molar-refractivity contribution in [2.24, 2.45) is 0 Å². The Morgan fingerprint density at radius 2 is 0.871 bits per heavy atom. The highest BCUT2D eigenvalue weighted by Crippen LogP contribution is 2.37. The van der Waals surface area contributed by atoms with Gasteiger partial charge < -0.3 is 5.11 Å². The lowest BCUT2D eigenvalue weighted by Gasteiger charge is -2.19. The van der Waals surface area contributed by atoms with E-state index in [9.17, 15) is 5.11 Å². The molecule has 0 bridgehead atoms. The van der Waals surface area contributed by atoms with E-state index in [-0.39, 0.29) is 0 Å². The molecule has 0 spiro atoms. The number of benzene rings is 1. The molecule has 0 amide bonds. The van der Waals surface area contributed by atoms with Crippen molar-refractivity contribution < 1.29 is 5.11 Å². The van der Waals surface area contributed by atoms with Gasteiger partial charge in [0.2, 0.25) is 0 Å². The standard InChI is InChI=1S/C30H54O/c1-5-7-9-11-13-15-17-19-22-26(3)28-24-21-25-29(30(28)31)27(4)23-20-18-16-14-12-10-8-6-2/h21,24-27,31H,5-20,22-23H2,1-4H3. The van der Waals surface area contributed by atoms with Crippen molar-refractivity contribution in [3.8, 4) is 5.75 Å². The molecule has 1 aromatic carbocycles. The largest absolute Gasteiger partial charge is 0.507 e. The summed E-state index contributed by atoms with van der Waals surface area (Å²) in [6, 6.07) is 6.47. The second-order valence-corrected chi connectivity index (χ2v) is 10.1. The first kappa shape index (κ1) is 28.1. The van der Waals surface area contributed by atoms with Crippen molar-refractivity contribution in [2.75, 3.05) is 0 Å². The fourth-order valence-corrected chi connectivity index (χ4v) is 4.86. The maximum Gasteiger partial charge on any atom is 0.122 e. The van der Waals surface area contributed by atoms with Gasteiger partial charge in [0.1, 0.15) is 5.75 Å². The van der Waals surface area contributed by atoms with Gasteiger partial charge in [0.25, 0.3) is 0 Å². The summed E-state index contributed by atoms with van der Waals surface area (Å²) in [6.45, 7) is 9.15. The summed E-state index contributed by atoms with van der Waals surface area (Å²) in [6.07, 6.45) is 24.2. The molecule has 0 aliphatic heterocycles. The number of hydrogen-bond acceptors (Lipinski definition) is 1. The Morgan fingerprint density at radius 3 is 1.23 bits per heavy atom. The van der Waals surface area contributed by atoms with E-state index in [0.717, 1.165) is 0 Å². The van der Waals surface area contributed by atoms with E-state index in [0.29, 0.717) is 17.6 Å². The van der Waals surface area contributed by atoms with E-state index in [1.165, 1.54) is 127 Å². The number of phenolic OH excluding ortho intramolecular Hbond substituents is 1. The minimum Gasteiger partial charge on any atom is -0.507 e. The molecular formula is C30H54O.